The molecular weight excluding hydrogens is 322 g/mol. The first-order valence-electron chi connectivity index (χ1n) is 6.45. The van der Waals surface area contributed by atoms with Gasteiger partial charge in [-0.3, -0.25) is 0 Å². The van der Waals surface area contributed by atoms with E-state index in [1.165, 1.54) is 30.3 Å². The van der Waals surface area contributed by atoms with Gasteiger partial charge in [-0.15, -0.1) is 0 Å². The molecule has 0 radical (unpaired) electrons. The number of carbonyl (C=O) groups excluding carboxylic acids is 1. The van der Waals surface area contributed by atoms with Crippen molar-refractivity contribution in [3.63, 3.8) is 0 Å². The number of rotatable bonds is 3. The second kappa shape index (κ2) is 6.06. The molecule has 0 aliphatic rings. The van der Waals surface area contributed by atoms with Crippen LogP contribution in [-0.4, -0.2) is 6.29 Å². The highest BCUT2D eigenvalue weighted by Crippen LogP contribution is 2.45. The Bertz CT molecular complexity index is 666. The van der Waals surface area contributed by atoms with E-state index in [1.807, 2.05) is 0 Å². The molecule has 0 N–H and O–H groups in total. The Morgan fingerprint density at radius 3 is 1.70 bits per heavy atom. The van der Waals surface area contributed by atoms with Crippen molar-refractivity contribution in [2.75, 3.05) is 0 Å². The molecule has 0 heterocycles. The third-order valence-corrected chi connectivity index (χ3v) is 3.19. The lowest BCUT2D eigenvalue weighted by atomic mass is 9.90. The molecule has 0 amide bonds. The van der Waals surface area contributed by atoms with E-state index in [0.29, 0.717) is 12.1 Å². The molecule has 0 spiro atoms. The molecule has 7 heteroatoms. The van der Waals surface area contributed by atoms with Crippen LogP contribution in [0, 0.1) is 0 Å². The number of benzene rings is 2. The first-order chi connectivity index (χ1) is 10.6. The Morgan fingerprint density at radius 2 is 1.30 bits per heavy atom. The summed E-state index contributed by atoms with van der Waals surface area (Å²) in [6.07, 6.45) is -10.2. The molecule has 0 aliphatic carbocycles. The fourth-order valence-electron chi connectivity index (χ4n) is 2.28. The molecule has 0 aromatic heterocycles. The number of alkyl halides is 6. The Labute approximate surface area is 127 Å². The fourth-order valence-corrected chi connectivity index (χ4v) is 2.28. The smallest absolute Gasteiger partial charge is 0.303 e. The van der Waals surface area contributed by atoms with Gasteiger partial charge in [-0.25, -0.2) is 0 Å². The number of aldehydes is 1. The monoisotopic (exact) mass is 332 g/mol. The van der Waals surface area contributed by atoms with E-state index in [1.54, 1.807) is 0 Å². The molecule has 0 aliphatic heterocycles. The Morgan fingerprint density at radius 1 is 0.826 bits per heavy atom. The van der Waals surface area contributed by atoms with Gasteiger partial charge in [0.1, 0.15) is 6.29 Å². The van der Waals surface area contributed by atoms with Gasteiger partial charge in [-0.2, -0.15) is 26.3 Å². The average Bonchev–Trinajstić information content (AvgIpc) is 2.46. The van der Waals surface area contributed by atoms with Crippen LogP contribution in [0.25, 0.3) is 11.1 Å². The van der Waals surface area contributed by atoms with E-state index in [2.05, 4.69) is 0 Å². The van der Waals surface area contributed by atoms with Gasteiger partial charge >= 0.3 is 12.4 Å². The van der Waals surface area contributed by atoms with Crippen LogP contribution >= 0.6 is 0 Å². The molecule has 0 unspecified atom stereocenters. The first kappa shape index (κ1) is 17.1. The molecule has 0 saturated carbocycles. The number of halogens is 6. The lowest BCUT2D eigenvalue weighted by Crippen LogP contribution is -2.15. The number of carbonyl (C=O) groups is 1. The summed E-state index contributed by atoms with van der Waals surface area (Å²) in [6, 6.07) is 7.74. The molecule has 0 fully saturated rings. The van der Waals surface area contributed by atoms with Crippen molar-refractivity contribution >= 4 is 6.29 Å². The van der Waals surface area contributed by atoms with Crippen molar-refractivity contribution in [3.8, 4) is 11.1 Å². The van der Waals surface area contributed by atoms with Crippen LogP contribution < -0.4 is 0 Å². The summed E-state index contributed by atoms with van der Waals surface area (Å²) in [5.74, 6) is 0. The van der Waals surface area contributed by atoms with Crippen LogP contribution in [0.2, 0.25) is 0 Å². The maximum atomic E-state index is 13.3. The van der Waals surface area contributed by atoms with E-state index in [4.69, 9.17) is 0 Å². The van der Waals surface area contributed by atoms with Crippen LogP contribution in [0.3, 0.4) is 0 Å². The lowest BCUT2D eigenvalue weighted by molar-refractivity contribution is -0.142. The lowest BCUT2D eigenvalue weighted by Gasteiger charge is -2.20. The third kappa shape index (κ3) is 3.72. The Balaban J connectivity index is 2.87. The number of hydrogen-bond acceptors (Lipinski definition) is 1. The largest absolute Gasteiger partial charge is 0.417 e. The van der Waals surface area contributed by atoms with Crippen molar-refractivity contribution in [3.05, 3.63) is 59.2 Å². The summed E-state index contributed by atoms with van der Waals surface area (Å²) < 4.78 is 79.6. The van der Waals surface area contributed by atoms with E-state index in [0.717, 1.165) is 0 Å². The molecule has 2 rings (SSSR count). The highest BCUT2D eigenvalue weighted by Gasteiger charge is 2.41. The molecule has 0 bridgehead atoms. The molecule has 2 aromatic carbocycles. The zero-order valence-electron chi connectivity index (χ0n) is 11.5. The summed E-state index contributed by atoms with van der Waals surface area (Å²) in [6.45, 7) is 0. The highest BCUT2D eigenvalue weighted by atomic mass is 19.4. The molecule has 0 saturated heterocycles. The van der Waals surface area contributed by atoms with Crippen LogP contribution in [0.15, 0.2) is 42.5 Å². The predicted octanol–water partition coefficient (Wildman–Crippen LogP) is 5.13. The van der Waals surface area contributed by atoms with Gasteiger partial charge in [0.2, 0.25) is 0 Å². The van der Waals surface area contributed by atoms with Gasteiger partial charge in [-0.05, 0) is 23.3 Å². The summed E-state index contributed by atoms with van der Waals surface area (Å²) in [7, 11) is 0. The minimum atomic E-state index is -4.98. The second-order valence-corrected chi connectivity index (χ2v) is 4.80. The summed E-state index contributed by atoms with van der Waals surface area (Å²) in [5, 5.41) is 0. The maximum Gasteiger partial charge on any atom is 0.417 e. The minimum Gasteiger partial charge on any atom is -0.303 e. The van der Waals surface area contributed by atoms with Crippen LogP contribution in [0.1, 0.15) is 16.7 Å². The van der Waals surface area contributed by atoms with Crippen molar-refractivity contribution in [2.24, 2.45) is 0 Å². The van der Waals surface area contributed by atoms with Crippen molar-refractivity contribution in [1.29, 1.82) is 0 Å². The van der Waals surface area contributed by atoms with Gasteiger partial charge in [0.05, 0.1) is 11.1 Å². The molecule has 2 aromatic rings. The highest BCUT2D eigenvalue weighted by molar-refractivity contribution is 5.74. The van der Waals surface area contributed by atoms with Gasteiger partial charge in [0.25, 0.3) is 0 Å². The summed E-state index contributed by atoms with van der Waals surface area (Å²) >= 11 is 0. The van der Waals surface area contributed by atoms with Gasteiger partial charge in [0, 0.05) is 12.0 Å². The minimum absolute atomic E-state index is 0.190. The second-order valence-electron chi connectivity index (χ2n) is 4.80. The van der Waals surface area contributed by atoms with Crippen LogP contribution in [0.4, 0.5) is 26.3 Å². The maximum absolute atomic E-state index is 13.3. The average molecular weight is 332 g/mol. The van der Waals surface area contributed by atoms with Crippen molar-refractivity contribution < 1.29 is 31.1 Å². The van der Waals surface area contributed by atoms with E-state index in [9.17, 15) is 31.1 Å². The Kier molecular flexibility index (Phi) is 4.49. The van der Waals surface area contributed by atoms with E-state index >= 15 is 0 Å². The molecule has 1 nitrogen and oxygen atoms in total. The van der Waals surface area contributed by atoms with E-state index < -0.39 is 35.5 Å². The summed E-state index contributed by atoms with van der Waals surface area (Å²) in [5.41, 5.74) is -4.27. The molecule has 0 atom stereocenters. The van der Waals surface area contributed by atoms with Gasteiger partial charge in [0.15, 0.2) is 0 Å². The quantitative estimate of drug-likeness (QED) is 0.562. The van der Waals surface area contributed by atoms with Gasteiger partial charge in [-0.1, -0.05) is 30.3 Å². The molecule has 23 heavy (non-hydrogen) atoms. The van der Waals surface area contributed by atoms with Crippen LogP contribution in [0.5, 0.6) is 0 Å². The van der Waals surface area contributed by atoms with E-state index in [-0.39, 0.29) is 17.4 Å². The third-order valence-electron chi connectivity index (χ3n) is 3.19. The van der Waals surface area contributed by atoms with Crippen molar-refractivity contribution in [1.82, 2.24) is 0 Å². The summed E-state index contributed by atoms with van der Waals surface area (Å²) in [4.78, 5) is 10.5. The van der Waals surface area contributed by atoms with Gasteiger partial charge < -0.3 is 4.79 Å². The zero-order chi connectivity index (χ0) is 17.3. The zero-order valence-corrected chi connectivity index (χ0v) is 11.5. The fraction of sp³-hybridized carbons (Fsp3) is 0.188. The SMILES string of the molecule is O=CCc1cc(C(F)(F)F)c(-c2ccccc2)c(C(F)(F)F)c1. The van der Waals surface area contributed by atoms with Crippen LogP contribution in [-0.2, 0) is 23.6 Å². The van der Waals surface area contributed by atoms with Crippen molar-refractivity contribution in [2.45, 2.75) is 18.8 Å². The molecular formula is C16H10F6O. The normalized spacial score (nSPS) is 12.3. The Hall–Kier alpha value is -2.31. The standard InChI is InChI=1S/C16H10F6O/c17-15(18,19)12-8-10(6-7-23)9-13(16(20,21)22)14(12)11-4-2-1-3-5-11/h1-5,7-9H,6H2. The molecule has 122 valence electrons. The topological polar surface area (TPSA) is 17.1 Å². The first-order valence-corrected chi connectivity index (χ1v) is 6.45. The predicted molar refractivity (Wildman–Crippen MR) is 71.7 cm³/mol. The number of hydrogen-bond donors (Lipinski definition) is 0.